The second-order valence-electron chi connectivity index (χ2n) is 5.11. The number of hydrogen-bond donors (Lipinski definition) is 1. The van der Waals surface area contributed by atoms with Crippen molar-refractivity contribution >= 4 is 23.2 Å². The van der Waals surface area contributed by atoms with Gasteiger partial charge in [-0.1, -0.05) is 49.0 Å². The first-order valence-electron chi connectivity index (χ1n) is 7.12. The van der Waals surface area contributed by atoms with Crippen LogP contribution in [-0.4, -0.2) is 31.1 Å². The van der Waals surface area contributed by atoms with E-state index in [0.29, 0.717) is 11.1 Å². The summed E-state index contributed by atoms with van der Waals surface area (Å²) in [7, 11) is 0. The smallest absolute Gasteiger partial charge is 0.0468 e. The topological polar surface area (TPSA) is 15.3 Å². The summed E-state index contributed by atoms with van der Waals surface area (Å²) >= 11 is 12.4. The summed E-state index contributed by atoms with van der Waals surface area (Å²) in [5.41, 5.74) is 1.22. The molecule has 2 nitrogen and oxygen atoms in total. The van der Waals surface area contributed by atoms with Crippen LogP contribution in [0.15, 0.2) is 18.2 Å². The molecular weight excluding hydrogens is 279 g/mol. The molecule has 0 spiro atoms. The maximum Gasteiger partial charge on any atom is 0.0468 e. The zero-order chi connectivity index (χ0) is 13.7. The van der Waals surface area contributed by atoms with Crippen molar-refractivity contribution in [3.63, 3.8) is 0 Å². The highest BCUT2D eigenvalue weighted by Gasteiger charge is 2.23. The van der Waals surface area contributed by atoms with Gasteiger partial charge >= 0.3 is 0 Å². The Morgan fingerprint density at radius 2 is 2.00 bits per heavy atom. The van der Waals surface area contributed by atoms with Gasteiger partial charge in [0.2, 0.25) is 0 Å². The molecule has 1 unspecified atom stereocenters. The van der Waals surface area contributed by atoms with Gasteiger partial charge in [-0.2, -0.15) is 0 Å². The molecule has 1 saturated heterocycles. The van der Waals surface area contributed by atoms with Gasteiger partial charge in [-0.25, -0.2) is 0 Å². The highest BCUT2D eigenvalue weighted by atomic mass is 35.5. The van der Waals surface area contributed by atoms with Crippen LogP contribution >= 0.6 is 23.2 Å². The average Bonchev–Trinajstić information content (AvgIpc) is 2.42. The standard InChI is InChI=1S/C15H22Cl2N2/c1-2-3-4-15(19-9-7-18-8-10-19)13-6-5-12(16)11-14(13)17/h5-6,11,15,18H,2-4,7-10H2,1H3. The van der Waals surface area contributed by atoms with Crippen LogP contribution in [0.5, 0.6) is 0 Å². The Labute approximate surface area is 126 Å². The van der Waals surface area contributed by atoms with E-state index < -0.39 is 0 Å². The van der Waals surface area contributed by atoms with Crippen molar-refractivity contribution in [3.05, 3.63) is 33.8 Å². The molecule has 1 fully saturated rings. The van der Waals surface area contributed by atoms with Crippen molar-refractivity contribution in [2.75, 3.05) is 26.2 Å². The Morgan fingerprint density at radius 1 is 1.26 bits per heavy atom. The number of nitrogens with zero attached hydrogens (tertiary/aromatic N) is 1. The molecule has 106 valence electrons. The number of benzene rings is 1. The fraction of sp³-hybridized carbons (Fsp3) is 0.600. The van der Waals surface area contributed by atoms with Gasteiger partial charge in [0.05, 0.1) is 0 Å². The number of rotatable bonds is 5. The molecule has 2 rings (SSSR count). The Bertz CT molecular complexity index is 403. The fourth-order valence-corrected chi connectivity index (χ4v) is 3.23. The quantitative estimate of drug-likeness (QED) is 0.879. The minimum atomic E-state index is 0.423. The van der Waals surface area contributed by atoms with Crippen LogP contribution in [0.1, 0.15) is 37.8 Å². The summed E-state index contributed by atoms with van der Waals surface area (Å²) in [4.78, 5) is 2.54. The molecule has 0 radical (unpaired) electrons. The first kappa shape index (κ1) is 15.1. The minimum absolute atomic E-state index is 0.423. The number of halogens is 2. The molecule has 0 aromatic heterocycles. The van der Waals surface area contributed by atoms with Gasteiger partial charge in [0.25, 0.3) is 0 Å². The maximum absolute atomic E-state index is 6.40. The number of hydrogen-bond acceptors (Lipinski definition) is 2. The first-order chi connectivity index (χ1) is 9.22. The number of nitrogens with one attached hydrogen (secondary N) is 1. The zero-order valence-electron chi connectivity index (χ0n) is 11.5. The van der Waals surface area contributed by atoms with Crippen LogP contribution in [-0.2, 0) is 0 Å². The Morgan fingerprint density at radius 3 is 2.63 bits per heavy atom. The lowest BCUT2D eigenvalue weighted by Crippen LogP contribution is -2.45. The third-order valence-corrected chi connectivity index (χ3v) is 4.31. The van der Waals surface area contributed by atoms with Crippen molar-refractivity contribution in [1.29, 1.82) is 0 Å². The summed E-state index contributed by atoms with van der Waals surface area (Å²) in [5.74, 6) is 0. The molecule has 0 saturated carbocycles. The van der Waals surface area contributed by atoms with Crippen molar-refractivity contribution in [3.8, 4) is 0 Å². The molecule has 19 heavy (non-hydrogen) atoms. The molecule has 1 N–H and O–H groups in total. The van der Waals surface area contributed by atoms with E-state index in [-0.39, 0.29) is 0 Å². The molecule has 1 heterocycles. The largest absolute Gasteiger partial charge is 0.314 e. The van der Waals surface area contributed by atoms with E-state index >= 15 is 0 Å². The van der Waals surface area contributed by atoms with E-state index in [1.54, 1.807) is 0 Å². The van der Waals surface area contributed by atoms with Gasteiger partial charge < -0.3 is 5.32 Å². The van der Waals surface area contributed by atoms with Gasteiger partial charge in [0.1, 0.15) is 0 Å². The van der Waals surface area contributed by atoms with E-state index in [0.717, 1.165) is 37.6 Å². The lowest BCUT2D eigenvalue weighted by Gasteiger charge is -2.35. The van der Waals surface area contributed by atoms with E-state index in [1.807, 2.05) is 12.1 Å². The lowest BCUT2D eigenvalue weighted by atomic mass is 9.98. The van der Waals surface area contributed by atoms with Crippen molar-refractivity contribution in [1.82, 2.24) is 10.2 Å². The molecule has 1 aliphatic rings. The first-order valence-corrected chi connectivity index (χ1v) is 7.87. The van der Waals surface area contributed by atoms with Crippen molar-refractivity contribution in [2.24, 2.45) is 0 Å². The molecular formula is C15H22Cl2N2. The Kier molecular flexibility index (Phi) is 5.96. The third-order valence-electron chi connectivity index (χ3n) is 3.74. The summed E-state index contributed by atoms with van der Waals surface area (Å²) in [6, 6.07) is 6.32. The molecule has 0 amide bonds. The molecule has 1 aromatic rings. The van der Waals surface area contributed by atoms with Crippen molar-refractivity contribution < 1.29 is 0 Å². The van der Waals surface area contributed by atoms with Gasteiger partial charge in [0, 0.05) is 42.3 Å². The second kappa shape index (κ2) is 7.49. The van der Waals surface area contributed by atoms with Gasteiger partial charge in [0.15, 0.2) is 0 Å². The number of piperazine rings is 1. The lowest BCUT2D eigenvalue weighted by molar-refractivity contribution is 0.163. The predicted molar refractivity (Wildman–Crippen MR) is 83.2 cm³/mol. The molecule has 1 aromatic carbocycles. The van der Waals surface area contributed by atoms with E-state index in [1.165, 1.54) is 18.4 Å². The fourth-order valence-electron chi connectivity index (χ4n) is 2.70. The maximum atomic E-state index is 6.40. The predicted octanol–water partition coefficient (Wildman–Crippen LogP) is 4.13. The minimum Gasteiger partial charge on any atom is -0.314 e. The molecule has 0 aliphatic carbocycles. The van der Waals surface area contributed by atoms with Gasteiger partial charge in [-0.3, -0.25) is 4.90 Å². The highest BCUT2D eigenvalue weighted by Crippen LogP contribution is 2.33. The van der Waals surface area contributed by atoms with Crippen LogP contribution in [0.2, 0.25) is 10.0 Å². The van der Waals surface area contributed by atoms with E-state index in [4.69, 9.17) is 23.2 Å². The highest BCUT2D eigenvalue weighted by molar-refractivity contribution is 6.35. The average molecular weight is 301 g/mol. The third kappa shape index (κ3) is 4.09. The Balaban J connectivity index is 2.19. The van der Waals surface area contributed by atoms with E-state index in [9.17, 15) is 0 Å². The van der Waals surface area contributed by atoms with Crippen LogP contribution in [0.25, 0.3) is 0 Å². The van der Waals surface area contributed by atoms with Gasteiger partial charge in [-0.05, 0) is 24.1 Å². The van der Waals surface area contributed by atoms with Crippen LogP contribution in [0.3, 0.4) is 0 Å². The molecule has 0 bridgehead atoms. The second-order valence-corrected chi connectivity index (χ2v) is 5.95. The SMILES string of the molecule is CCCCC(c1ccc(Cl)cc1Cl)N1CCNCC1. The van der Waals surface area contributed by atoms with Crippen LogP contribution in [0.4, 0.5) is 0 Å². The zero-order valence-corrected chi connectivity index (χ0v) is 13.0. The van der Waals surface area contributed by atoms with Gasteiger partial charge in [-0.15, -0.1) is 0 Å². The summed E-state index contributed by atoms with van der Waals surface area (Å²) in [5, 5.41) is 4.91. The van der Waals surface area contributed by atoms with Crippen molar-refractivity contribution in [2.45, 2.75) is 32.2 Å². The summed E-state index contributed by atoms with van der Waals surface area (Å²) in [6.45, 7) is 6.54. The van der Waals surface area contributed by atoms with E-state index in [2.05, 4.69) is 23.2 Å². The normalized spacial score (nSPS) is 18.5. The Hall–Kier alpha value is -0.280. The monoisotopic (exact) mass is 300 g/mol. The summed E-state index contributed by atoms with van der Waals surface area (Å²) < 4.78 is 0. The molecule has 4 heteroatoms. The summed E-state index contributed by atoms with van der Waals surface area (Å²) in [6.07, 6.45) is 3.61. The van der Waals surface area contributed by atoms with Crippen LogP contribution in [0, 0.1) is 0 Å². The van der Waals surface area contributed by atoms with Crippen LogP contribution < -0.4 is 5.32 Å². The molecule has 1 atom stereocenters. The number of unbranched alkanes of at least 4 members (excludes halogenated alkanes) is 1. The molecule has 1 aliphatic heterocycles.